The van der Waals surface area contributed by atoms with Gasteiger partial charge in [0.15, 0.2) is 0 Å². The summed E-state index contributed by atoms with van der Waals surface area (Å²) in [5.41, 5.74) is -0.0754. The number of carboxylic acids is 1. The molecule has 1 rings (SSSR count). The maximum absolute atomic E-state index is 10.5. The third-order valence-electron chi connectivity index (χ3n) is 5.19. The van der Waals surface area contributed by atoms with E-state index in [0.717, 1.165) is 57.9 Å². The van der Waals surface area contributed by atoms with Crippen LogP contribution in [0.25, 0.3) is 0 Å². The minimum Gasteiger partial charge on any atom is -0.481 e. The van der Waals surface area contributed by atoms with Crippen LogP contribution < -0.4 is 5.32 Å². The van der Waals surface area contributed by atoms with E-state index in [1.54, 1.807) is 0 Å². The molecule has 0 amide bonds. The molecule has 3 N–H and O–H groups in total. The standard InChI is InChI=1S/C20H36ClNO3/c1-2-3-6-10-17(23)11-9-15-20(18(21)13-16-22-20)14-8-5-4-7-12-19(24)25/h5,8,17-18,22-23H,2-4,6-7,9-16H2,1H3,(H,24,25)/t17?,18-,20+/m1/s1. The van der Waals surface area contributed by atoms with E-state index in [1.807, 2.05) is 0 Å². The van der Waals surface area contributed by atoms with Crippen LogP contribution in [0.4, 0.5) is 0 Å². The first kappa shape index (κ1) is 22.5. The van der Waals surface area contributed by atoms with Crippen molar-refractivity contribution in [2.24, 2.45) is 0 Å². The molecule has 0 aliphatic carbocycles. The summed E-state index contributed by atoms with van der Waals surface area (Å²) in [6.45, 7) is 3.12. The predicted molar refractivity (Wildman–Crippen MR) is 104 cm³/mol. The number of unbranched alkanes of at least 4 members (excludes halogenated alkanes) is 3. The van der Waals surface area contributed by atoms with Crippen molar-refractivity contribution in [3.63, 3.8) is 0 Å². The highest BCUT2D eigenvalue weighted by atomic mass is 35.5. The Balaban J connectivity index is 2.35. The summed E-state index contributed by atoms with van der Waals surface area (Å²) in [6, 6.07) is 0. The Hall–Kier alpha value is -0.580. The van der Waals surface area contributed by atoms with Gasteiger partial charge in [-0.1, -0.05) is 38.3 Å². The molecule has 0 radical (unpaired) electrons. The van der Waals surface area contributed by atoms with Gasteiger partial charge in [0.2, 0.25) is 0 Å². The number of aliphatic hydroxyl groups is 1. The second kappa shape index (κ2) is 12.7. The maximum Gasteiger partial charge on any atom is 0.303 e. The summed E-state index contributed by atoms with van der Waals surface area (Å²) in [7, 11) is 0. The highest BCUT2D eigenvalue weighted by molar-refractivity contribution is 6.21. The monoisotopic (exact) mass is 373 g/mol. The Morgan fingerprint density at radius 3 is 2.68 bits per heavy atom. The average molecular weight is 374 g/mol. The number of carboxylic acid groups (broad SMARTS) is 1. The Morgan fingerprint density at radius 1 is 1.28 bits per heavy atom. The van der Waals surface area contributed by atoms with Gasteiger partial charge in [0.1, 0.15) is 0 Å². The zero-order valence-electron chi connectivity index (χ0n) is 15.7. The van der Waals surface area contributed by atoms with E-state index in [1.165, 1.54) is 12.8 Å². The fraction of sp³-hybridized carbons (Fsp3) is 0.850. The molecule has 1 unspecified atom stereocenters. The van der Waals surface area contributed by atoms with E-state index >= 15 is 0 Å². The SMILES string of the molecule is CCCCCC(O)CCC[C@]1(CC=CCCCC(=O)O)NCC[C@H]1Cl. The summed E-state index contributed by atoms with van der Waals surface area (Å²) < 4.78 is 0. The third-order valence-corrected chi connectivity index (χ3v) is 5.82. The minimum atomic E-state index is -0.736. The fourth-order valence-electron chi connectivity index (χ4n) is 3.59. The molecule has 5 heteroatoms. The van der Waals surface area contributed by atoms with Crippen LogP contribution in [0.2, 0.25) is 0 Å². The van der Waals surface area contributed by atoms with Gasteiger partial charge in [0.25, 0.3) is 0 Å². The molecule has 3 atom stereocenters. The number of allylic oxidation sites excluding steroid dienone is 1. The molecule has 0 aromatic heterocycles. The normalized spacial score (nSPS) is 24.8. The molecule has 25 heavy (non-hydrogen) atoms. The molecular weight excluding hydrogens is 338 g/mol. The number of hydrogen-bond donors (Lipinski definition) is 3. The molecule has 1 aliphatic heterocycles. The second-order valence-electron chi connectivity index (χ2n) is 7.34. The zero-order valence-corrected chi connectivity index (χ0v) is 16.4. The number of nitrogens with one attached hydrogen (secondary N) is 1. The van der Waals surface area contributed by atoms with E-state index in [9.17, 15) is 9.90 Å². The van der Waals surface area contributed by atoms with E-state index in [-0.39, 0.29) is 23.4 Å². The topological polar surface area (TPSA) is 69.6 Å². The Labute approximate surface area is 158 Å². The number of alkyl halides is 1. The van der Waals surface area contributed by atoms with Crippen molar-refractivity contribution in [1.82, 2.24) is 5.32 Å². The Bertz CT molecular complexity index is 402. The van der Waals surface area contributed by atoms with E-state index in [4.69, 9.17) is 16.7 Å². The fourth-order valence-corrected chi connectivity index (χ4v) is 3.98. The van der Waals surface area contributed by atoms with Crippen molar-refractivity contribution in [1.29, 1.82) is 0 Å². The molecule has 1 heterocycles. The summed E-state index contributed by atoms with van der Waals surface area (Å²) >= 11 is 6.60. The van der Waals surface area contributed by atoms with Crippen LogP contribution in [0.15, 0.2) is 12.2 Å². The molecule has 0 aromatic carbocycles. The van der Waals surface area contributed by atoms with Crippen molar-refractivity contribution >= 4 is 17.6 Å². The van der Waals surface area contributed by atoms with Gasteiger partial charge in [-0.15, -0.1) is 11.6 Å². The highest BCUT2D eigenvalue weighted by Gasteiger charge is 2.39. The maximum atomic E-state index is 10.5. The third kappa shape index (κ3) is 9.07. The first-order chi connectivity index (χ1) is 12.0. The molecule has 1 saturated heterocycles. The van der Waals surface area contributed by atoms with Gasteiger partial charge in [-0.2, -0.15) is 0 Å². The van der Waals surface area contributed by atoms with Crippen molar-refractivity contribution < 1.29 is 15.0 Å². The smallest absolute Gasteiger partial charge is 0.303 e. The average Bonchev–Trinajstić information content (AvgIpc) is 2.92. The zero-order chi connectivity index (χ0) is 18.5. The number of aliphatic carboxylic acids is 1. The number of halogens is 1. The van der Waals surface area contributed by atoms with Gasteiger partial charge in [-0.05, 0) is 57.9 Å². The number of aliphatic hydroxyl groups excluding tert-OH is 1. The second-order valence-corrected chi connectivity index (χ2v) is 7.87. The summed E-state index contributed by atoms with van der Waals surface area (Å²) in [5, 5.41) is 22.5. The van der Waals surface area contributed by atoms with Crippen LogP contribution in [0.1, 0.15) is 84.0 Å². The van der Waals surface area contributed by atoms with Gasteiger partial charge in [-0.3, -0.25) is 4.79 Å². The number of rotatable bonds is 14. The van der Waals surface area contributed by atoms with Crippen LogP contribution in [0, 0.1) is 0 Å². The van der Waals surface area contributed by atoms with Gasteiger partial charge in [0, 0.05) is 12.0 Å². The van der Waals surface area contributed by atoms with Gasteiger partial charge >= 0.3 is 5.97 Å². The molecular formula is C20H36ClNO3. The van der Waals surface area contributed by atoms with Gasteiger partial charge in [-0.25, -0.2) is 0 Å². The first-order valence-corrected chi connectivity index (χ1v) is 10.4. The molecule has 0 saturated carbocycles. The van der Waals surface area contributed by atoms with Gasteiger partial charge < -0.3 is 15.5 Å². The number of carbonyl (C=O) groups is 1. The molecule has 0 spiro atoms. The molecule has 0 bridgehead atoms. The van der Waals surface area contributed by atoms with Crippen LogP contribution in [0.5, 0.6) is 0 Å². The van der Waals surface area contributed by atoms with Crippen molar-refractivity contribution in [2.75, 3.05) is 6.54 Å². The quantitative estimate of drug-likeness (QED) is 0.236. The number of hydrogen-bond acceptors (Lipinski definition) is 3. The lowest BCUT2D eigenvalue weighted by molar-refractivity contribution is -0.137. The van der Waals surface area contributed by atoms with Crippen molar-refractivity contribution in [3.8, 4) is 0 Å². The lowest BCUT2D eigenvalue weighted by atomic mass is 9.86. The van der Waals surface area contributed by atoms with Crippen molar-refractivity contribution in [3.05, 3.63) is 12.2 Å². The molecule has 1 fully saturated rings. The minimum absolute atomic E-state index is 0.0754. The van der Waals surface area contributed by atoms with Gasteiger partial charge in [0.05, 0.1) is 11.5 Å². The molecule has 4 nitrogen and oxygen atoms in total. The van der Waals surface area contributed by atoms with Crippen LogP contribution >= 0.6 is 11.6 Å². The Morgan fingerprint density at radius 2 is 2.04 bits per heavy atom. The summed E-state index contributed by atoms with van der Waals surface area (Å²) in [5.74, 6) is -0.736. The molecule has 1 aliphatic rings. The van der Waals surface area contributed by atoms with Crippen LogP contribution in [-0.4, -0.2) is 39.7 Å². The lowest BCUT2D eigenvalue weighted by Crippen LogP contribution is -2.45. The first-order valence-electron chi connectivity index (χ1n) is 9.94. The van der Waals surface area contributed by atoms with E-state index in [0.29, 0.717) is 6.42 Å². The van der Waals surface area contributed by atoms with Crippen LogP contribution in [-0.2, 0) is 4.79 Å². The highest BCUT2D eigenvalue weighted by Crippen LogP contribution is 2.34. The summed E-state index contributed by atoms with van der Waals surface area (Å²) in [6.07, 6.45) is 14.8. The molecule has 146 valence electrons. The Kier molecular flexibility index (Phi) is 11.4. The lowest BCUT2D eigenvalue weighted by Gasteiger charge is -2.32. The predicted octanol–water partition coefficient (Wildman–Crippen LogP) is 4.64. The van der Waals surface area contributed by atoms with E-state index in [2.05, 4.69) is 24.4 Å². The summed E-state index contributed by atoms with van der Waals surface area (Å²) in [4.78, 5) is 10.5. The van der Waals surface area contributed by atoms with E-state index < -0.39 is 5.97 Å². The van der Waals surface area contributed by atoms with Crippen LogP contribution in [0.3, 0.4) is 0 Å². The molecule has 0 aromatic rings. The van der Waals surface area contributed by atoms with Crippen molar-refractivity contribution in [2.45, 2.75) is 101 Å². The largest absolute Gasteiger partial charge is 0.481 e.